The third-order valence-corrected chi connectivity index (χ3v) is 5.15. The Hall–Kier alpha value is -3.71. The Morgan fingerprint density at radius 2 is 2.10 bits per heavy atom. The normalized spacial score (nSPS) is 12.2. The summed E-state index contributed by atoms with van der Waals surface area (Å²) in [4.78, 5) is 13.8. The van der Waals surface area contributed by atoms with Crippen molar-refractivity contribution in [1.29, 1.82) is 5.26 Å². The van der Waals surface area contributed by atoms with Crippen LogP contribution in [0, 0.1) is 11.3 Å². The van der Waals surface area contributed by atoms with Crippen molar-refractivity contribution in [2.75, 3.05) is 12.3 Å². The number of thiophene rings is 1. The lowest BCUT2D eigenvalue weighted by Crippen LogP contribution is -2.17. The number of ether oxygens (including phenoxy) is 1. The van der Waals surface area contributed by atoms with E-state index < -0.39 is 12.8 Å². The summed E-state index contributed by atoms with van der Waals surface area (Å²) < 4.78 is 42.2. The van der Waals surface area contributed by atoms with E-state index in [0.29, 0.717) is 32.7 Å². The quantitative estimate of drug-likeness (QED) is 0.314. The maximum atomic E-state index is 12.5. The number of rotatable bonds is 7. The first-order valence-electron chi connectivity index (χ1n) is 8.82. The fourth-order valence-corrected chi connectivity index (χ4v) is 3.81. The minimum Gasteiger partial charge on any atom is -0.468 e. The molecule has 2 heterocycles. The number of anilines is 1. The highest BCUT2D eigenvalue weighted by molar-refractivity contribution is 7.18. The zero-order valence-corrected chi connectivity index (χ0v) is 16.9. The number of allylic oxidation sites excluding steroid dienone is 2. The molecular weight excluding hydrogens is 427 g/mol. The highest BCUT2D eigenvalue weighted by atomic mass is 32.1. The first kappa shape index (κ1) is 22.0. The van der Waals surface area contributed by atoms with Crippen molar-refractivity contribution in [2.45, 2.75) is 12.6 Å². The molecule has 3 rings (SSSR count). The summed E-state index contributed by atoms with van der Waals surface area (Å²) in [5, 5.41) is 9.70. The van der Waals surface area contributed by atoms with E-state index in [-0.39, 0.29) is 18.1 Å². The molecule has 0 aliphatic carbocycles. The summed E-state index contributed by atoms with van der Waals surface area (Å²) in [7, 11) is 0. The van der Waals surface area contributed by atoms with Gasteiger partial charge in [-0.05, 0) is 24.9 Å². The lowest BCUT2D eigenvalue weighted by molar-refractivity contribution is -0.165. The van der Waals surface area contributed by atoms with Gasteiger partial charge in [-0.25, -0.2) is 15.0 Å². The molecule has 0 bridgehead atoms. The Morgan fingerprint density at radius 3 is 2.74 bits per heavy atom. The molecule has 0 amide bonds. The third kappa shape index (κ3) is 5.26. The molecule has 0 radical (unpaired) electrons. The maximum Gasteiger partial charge on any atom is 0.422 e. The Labute approximate surface area is 179 Å². The van der Waals surface area contributed by atoms with Crippen molar-refractivity contribution in [1.82, 2.24) is 9.97 Å². The van der Waals surface area contributed by atoms with E-state index in [2.05, 4.69) is 34.3 Å². The molecule has 0 unspecified atom stereocenters. The van der Waals surface area contributed by atoms with Gasteiger partial charge < -0.3 is 10.5 Å². The molecule has 10 heteroatoms. The van der Waals surface area contributed by atoms with Crippen LogP contribution in [0.2, 0.25) is 0 Å². The number of nitriles is 1. The standard InChI is InChI=1S/C21H16F3N5OS/c1-3-13(19(27-2)30-11-21(22,23)24)8-15-9-16-17(26)28-18(29-20(16)31-15)14-6-4-5-12(7-14)10-25/h3-7,9H,1-2,8,11H2,(H2,26,28,29)/b19-13-. The van der Waals surface area contributed by atoms with Crippen LogP contribution < -0.4 is 5.73 Å². The largest absolute Gasteiger partial charge is 0.468 e. The second kappa shape index (κ2) is 8.97. The van der Waals surface area contributed by atoms with Gasteiger partial charge >= 0.3 is 6.18 Å². The number of benzene rings is 1. The monoisotopic (exact) mass is 443 g/mol. The number of halogens is 3. The molecule has 2 N–H and O–H groups in total. The molecule has 3 aromatic rings. The minimum atomic E-state index is -4.50. The average molecular weight is 443 g/mol. The SMILES string of the molecule is C=C/C(Cc1cc2c(N)nc(-c3cccc(C#N)c3)nc2s1)=C(\N=C)OCC(F)(F)F. The number of aromatic nitrogens is 2. The molecule has 2 aromatic heterocycles. The highest BCUT2D eigenvalue weighted by Gasteiger charge is 2.29. The molecular formula is C21H16F3N5OS. The summed E-state index contributed by atoms with van der Waals surface area (Å²) >= 11 is 1.31. The summed E-state index contributed by atoms with van der Waals surface area (Å²) in [5.41, 5.74) is 7.56. The van der Waals surface area contributed by atoms with Gasteiger partial charge in [0, 0.05) is 22.4 Å². The summed E-state index contributed by atoms with van der Waals surface area (Å²) in [6.45, 7) is 5.43. The molecule has 1 aromatic carbocycles. The molecule has 158 valence electrons. The predicted octanol–water partition coefficient (Wildman–Crippen LogP) is 5.03. The molecule has 0 spiro atoms. The second-order valence-corrected chi connectivity index (χ2v) is 7.45. The van der Waals surface area contributed by atoms with Crippen molar-refractivity contribution in [3.05, 3.63) is 64.9 Å². The maximum absolute atomic E-state index is 12.5. The van der Waals surface area contributed by atoms with Crippen LogP contribution in [0.25, 0.3) is 21.6 Å². The van der Waals surface area contributed by atoms with E-state index >= 15 is 0 Å². The van der Waals surface area contributed by atoms with Crippen LogP contribution in [-0.2, 0) is 11.2 Å². The summed E-state index contributed by atoms with van der Waals surface area (Å²) in [6.07, 6.45) is -2.92. The topological polar surface area (TPSA) is 97.2 Å². The molecule has 0 saturated heterocycles. The zero-order valence-electron chi connectivity index (χ0n) is 16.1. The number of nitrogens with zero attached hydrogens (tertiary/aromatic N) is 4. The lowest BCUT2D eigenvalue weighted by atomic mass is 10.1. The van der Waals surface area contributed by atoms with Crippen LogP contribution in [-0.4, -0.2) is 29.5 Å². The molecule has 0 saturated carbocycles. The highest BCUT2D eigenvalue weighted by Crippen LogP contribution is 2.32. The number of nitrogen functional groups attached to an aromatic ring is 1. The van der Waals surface area contributed by atoms with Gasteiger partial charge in [-0.3, -0.25) is 0 Å². The Morgan fingerprint density at radius 1 is 1.32 bits per heavy atom. The Kier molecular flexibility index (Phi) is 6.36. The third-order valence-electron chi connectivity index (χ3n) is 4.13. The number of hydrogen-bond acceptors (Lipinski definition) is 7. The smallest absolute Gasteiger partial charge is 0.422 e. The predicted molar refractivity (Wildman–Crippen MR) is 114 cm³/mol. The van der Waals surface area contributed by atoms with Gasteiger partial charge in [0.2, 0.25) is 5.88 Å². The van der Waals surface area contributed by atoms with Crippen molar-refractivity contribution >= 4 is 34.1 Å². The first-order valence-corrected chi connectivity index (χ1v) is 9.64. The Balaban J connectivity index is 1.95. The van der Waals surface area contributed by atoms with Gasteiger partial charge in [0.25, 0.3) is 0 Å². The fraction of sp³-hybridized carbons (Fsp3) is 0.143. The molecule has 0 fully saturated rings. The number of nitrogens with two attached hydrogens (primary N) is 1. The number of fused-ring (bicyclic) bond motifs is 1. The Bertz CT molecular complexity index is 1220. The van der Waals surface area contributed by atoms with Crippen molar-refractivity contribution in [3.63, 3.8) is 0 Å². The van der Waals surface area contributed by atoms with Crippen molar-refractivity contribution < 1.29 is 17.9 Å². The lowest BCUT2D eigenvalue weighted by Gasteiger charge is -2.11. The molecule has 31 heavy (non-hydrogen) atoms. The van der Waals surface area contributed by atoms with E-state index in [4.69, 9.17) is 15.7 Å². The average Bonchev–Trinajstić information content (AvgIpc) is 3.15. The number of aliphatic imine (C=N–C) groups is 1. The van der Waals surface area contributed by atoms with Gasteiger partial charge in [0.15, 0.2) is 12.4 Å². The number of hydrogen-bond donors (Lipinski definition) is 1. The van der Waals surface area contributed by atoms with Gasteiger partial charge in [-0.2, -0.15) is 18.4 Å². The van der Waals surface area contributed by atoms with Crippen LogP contribution in [0.5, 0.6) is 0 Å². The van der Waals surface area contributed by atoms with Gasteiger partial charge in [0.1, 0.15) is 10.6 Å². The van der Waals surface area contributed by atoms with E-state index in [0.717, 1.165) is 4.88 Å². The van der Waals surface area contributed by atoms with Crippen LogP contribution >= 0.6 is 11.3 Å². The first-order chi connectivity index (χ1) is 14.7. The molecule has 0 atom stereocenters. The van der Waals surface area contributed by atoms with E-state index in [1.165, 1.54) is 17.4 Å². The van der Waals surface area contributed by atoms with E-state index in [1.807, 2.05) is 0 Å². The number of alkyl halides is 3. The van der Waals surface area contributed by atoms with Gasteiger partial charge in [-0.1, -0.05) is 24.8 Å². The van der Waals surface area contributed by atoms with Crippen LogP contribution in [0.4, 0.5) is 19.0 Å². The zero-order chi connectivity index (χ0) is 22.6. The fourth-order valence-electron chi connectivity index (χ4n) is 2.75. The van der Waals surface area contributed by atoms with Crippen LogP contribution in [0.1, 0.15) is 10.4 Å². The van der Waals surface area contributed by atoms with Crippen LogP contribution in [0.3, 0.4) is 0 Å². The second-order valence-electron chi connectivity index (χ2n) is 6.33. The molecule has 6 nitrogen and oxygen atoms in total. The van der Waals surface area contributed by atoms with Crippen molar-refractivity contribution in [3.8, 4) is 17.5 Å². The molecule has 0 aliphatic rings. The summed E-state index contributed by atoms with van der Waals surface area (Å²) in [5.74, 6) is 0.388. The van der Waals surface area contributed by atoms with Crippen molar-refractivity contribution in [2.24, 2.45) is 4.99 Å². The van der Waals surface area contributed by atoms with Crippen LogP contribution in [0.15, 0.2) is 59.4 Å². The van der Waals surface area contributed by atoms with E-state index in [1.54, 1.807) is 30.3 Å². The minimum absolute atomic E-state index is 0.204. The van der Waals surface area contributed by atoms with E-state index in [9.17, 15) is 13.2 Å². The summed E-state index contributed by atoms with van der Waals surface area (Å²) in [6, 6.07) is 10.7. The van der Waals surface area contributed by atoms with Gasteiger partial charge in [-0.15, -0.1) is 11.3 Å². The molecule has 0 aliphatic heterocycles. The van der Waals surface area contributed by atoms with Gasteiger partial charge in [0.05, 0.1) is 17.0 Å².